The molecule has 2 aromatic heterocycles. The smallest absolute Gasteiger partial charge is 0.225 e. The maximum absolute atomic E-state index is 11.6. The lowest BCUT2D eigenvalue weighted by atomic mass is 10.1. The molecule has 1 amide bonds. The Bertz CT molecular complexity index is 956. The lowest BCUT2D eigenvalue weighted by molar-refractivity contribution is -0.129. The molecule has 3 aromatic rings. The number of hydrogen-bond donors (Lipinski definition) is 1. The summed E-state index contributed by atoms with van der Waals surface area (Å²) in [5, 5.41) is 3.32. The van der Waals surface area contributed by atoms with Crippen LogP contribution in [0.15, 0.2) is 60.9 Å². The van der Waals surface area contributed by atoms with Crippen LogP contribution in [0.25, 0.3) is 11.3 Å². The number of aromatic nitrogens is 3. The van der Waals surface area contributed by atoms with E-state index in [1.165, 1.54) is 0 Å². The van der Waals surface area contributed by atoms with E-state index < -0.39 is 0 Å². The van der Waals surface area contributed by atoms with E-state index in [-0.39, 0.29) is 5.91 Å². The third-order valence-electron chi connectivity index (χ3n) is 5.00. The zero-order chi connectivity index (χ0) is 20.1. The van der Waals surface area contributed by atoms with E-state index in [1.54, 1.807) is 13.1 Å². The fraction of sp³-hybridized carbons (Fsp3) is 0.273. The topological polar surface area (TPSA) is 74.2 Å². The summed E-state index contributed by atoms with van der Waals surface area (Å²) in [5.41, 5.74) is 2.99. The molecule has 0 radical (unpaired) electrons. The van der Waals surface area contributed by atoms with Crippen LogP contribution < -0.4 is 10.2 Å². The molecule has 1 aliphatic rings. The minimum absolute atomic E-state index is 0.121. The van der Waals surface area contributed by atoms with E-state index in [9.17, 15) is 4.79 Å². The van der Waals surface area contributed by atoms with Gasteiger partial charge in [-0.1, -0.05) is 36.4 Å². The molecule has 7 heteroatoms. The van der Waals surface area contributed by atoms with Crippen LogP contribution in [0.5, 0.6) is 0 Å². The Morgan fingerprint density at radius 2 is 1.83 bits per heavy atom. The summed E-state index contributed by atoms with van der Waals surface area (Å²) in [6.07, 6.45) is 3.59. The molecule has 7 nitrogen and oxygen atoms in total. The Morgan fingerprint density at radius 1 is 1.03 bits per heavy atom. The second kappa shape index (κ2) is 8.68. The molecule has 1 fully saturated rings. The van der Waals surface area contributed by atoms with Gasteiger partial charge in [-0.05, 0) is 11.6 Å². The molecular weight excluding hydrogens is 364 g/mol. The fourth-order valence-corrected chi connectivity index (χ4v) is 3.37. The SMILES string of the molecule is CC(=O)N1CCN(c2cc(-c3ccccc3)nc(NCc3cccnc3)n2)CC1. The lowest BCUT2D eigenvalue weighted by Crippen LogP contribution is -2.48. The molecule has 0 saturated carbocycles. The molecule has 1 aliphatic heterocycles. The summed E-state index contributed by atoms with van der Waals surface area (Å²) in [6, 6.07) is 16.1. The maximum Gasteiger partial charge on any atom is 0.225 e. The van der Waals surface area contributed by atoms with Crippen molar-refractivity contribution >= 4 is 17.7 Å². The minimum atomic E-state index is 0.121. The Kier molecular flexibility index (Phi) is 5.65. The van der Waals surface area contributed by atoms with Gasteiger partial charge in [0, 0.05) is 63.7 Å². The molecule has 29 heavy (non-hydrogen) atoms. The van der Waals surface area contributed by atoms with Gasteiger partial charge in [-0.15, -0.1) is 0 Å². The standard InChI is InChI=1S/C22H24N6O/c1-17(29)27-10-12-28(13-11-27)21-14-20(19-7-3-2-4-8-19)25-22(26-21)24-16-18-6-5-9-23-15-18/h2-9,14-15H,10-13,16H2,1H3,(H,24,25,26). The summed E-state index contributed by atoms with van der Waals surface area (Å²) < 4.78 is 0. The number of piperazine rings is 1. The number of benzene rings is 1. The highest BCUT2D eigenvalue weighted by atomic mass is 16.2. The first-order valence-electron chi connectivity index (χ1n) is 9.77. The van der Waals surface area contributed by atoms with Crippen LogP contribution in [-0.2, 0) is 11.3 Å². The third kappa shape index (κ3) is 4.68. The van der Waals surface area contributed by atoms with Crippen LogP contribution in [0, 0.1) is 0 Å². The molecule has 4 rings (SSSR count). The molecular formula is C22H24N6O. The largest absolute Gasteiger partial charge is 0.353 e. The summed E-state index contributed by atoms with van der Waals surface area (Å²) >= 11 is 0. The van der Waals surface area contributed by atoms with E-state index in [2.05, 4.69) is 15.2 Å². The van der Waals surface area contributed by atoms with Crippen molar-refractivity contribution in [2.75, 3.05) is 36.4 Å². The van der Waals surface area contributed by atoms with Crippen LogP contribution >= 0.6 is 0 Å². The quantitative estimate of drug-likeness (QED) is 0.725. The number of rotatable bonds is 5. The average molecular weight is 388 g/mol. The second-order valence-corrected chi connectivity index (χ2v) is 7.01. The van der Waals surface area contributed by atoms with Gasteiger partial charge in [0.15, 0.2) is 0 Å². The first-order chi connectivity index (χ1) is 14.2. The Morgan fingerprint density at radius 3 is 2.52 bits per heavy atom. The molecule has 1 aromatic carbocycles. The zero-order valence-electron chi connectivity index (χ0n) is 16.5. The van der Waals surface area contributed by atoms with Gasteiger partial charge in [0.2, 0.25) is 11.9 Å². The molecule has 1 saturated heterocycles. The van der Waals surface area contributed by atoms with Gasteiger partial charge in [0.25, 0.3) is 0 Å². The van der Waals surface area contributed by atoms with Gasteiger partial charge in [-0.25, -0.2) is 4.98 Å². The maximum atomic E-state index is 11.6. The Labute approximate surface area is 170 Å². The van der Waals surface area contributed by atoms with Gasteiger partial charge in [0.1, 0.15) is 5.82 Å². The normalized spacial score (nSPS) is 14.0. The second-order valence-electron chi connectivity index (χ2n) is 7.01. The number of amides is 1. The molecule has 3 heterocycles. The summed E-state index contributed by atoms with van der Waals surface area (Å²) in [7, 11) is 0. The molecule has 0 unspecified atom stereocenters. The summed E-state index contributed by atoms with van der Waals surface area (Å²) in [4.78, 5) is 29.3. The highest BCUT2D eigenvalue weighted by molar-refractivity contribution is 5.73. The number of carbonyl (C=O) groups excluding carboxylic acids is 1. The number of nitrogens with zero attached hydrogens (tertiary/aromatic N) is 5. The van der Waals surface area contributed by atoms with Crippen molar-refractivity contribution in [3.05, 3.63) is 66.5 Å². The van der Waals surface area contributed by atoms with E-state index >= 15 is 0 Å². The Hall–Kier alpha value is -3.48. The lowest BCUT2D eigenvalue weighted by Gasteiger charge is -2.35. The van der Waals surface area contributed by atoms with Crippen LogP contribution in [0.4, 0.5) is 11.8 Å². The van der Waals surface area contributed by atoms with Gasteiger partial charge in [0.05, 0.1) is 5.69 Å². The van der Waals surface area contributed by atoms with Gasteiger partial charge >= 0.3 is 0 Å². The highest BCUT2D eigenvalue weighted by Gasteiger charge is 2.21. The van der Waals surface area contributed by atoms with Crippen molar-refractivity contribution < 1.29 is 4.79 Å². The molecule has 0 spiro atoms. The number of anilines is 2. The van der Waals surface area contributed by atoms with Crippen LogP contribution in [0.3, 0.4) is 0 Å². The predicted octanol–water partition coefficient (Wildman–Crippen LogP) is 2.82. The summed E-state index contributed by atoms with van der Waals surface area (Å²) in [5.74, 6) is 1.58. The molecule has 0 bridgehead atoms. The first-order valence-corrected chi connectivity index (χ1v) is 9.77. The monoisotopic (exact) mass is 388 g/mol. The van der Waals surface area contributed by atoms with E-state index in [1.807, 2.05) is 59.6 Å². The van der Waals surface area contributed by atoms with Crippen molar-refractivity contribution in [2.45, 2.75) is 13.5 Å². The summed E-state index contributed by atoms with van der Waals surface area (Å²) in [6.45, 7) is 5.15. The molecule has 0 atom stereocenters. The van der Waals surface area contributed by atoms with Gasteiger partial charge in [-0.3, -0.25) is 9.78 Å². The van der Waals surface area contributed by atoms with Crippen molar-refractivity contribution in [3.63, 3.8) is 0 Å². The molecule has 0 aliphatic carbocycles. The number of hydrogen-bond acceptors (Lipinski definition) is 6. The average Bonchev–Trinajstić information content (AvgIpc) is 2.79. The predicted molar refractivity (Wildman–Crippen MR) is 113 cm³/mol. The first kappa shape index (κ1) is 18.9. The van der Waals surface area contributed by atoms with E-state index in [0.29, 0.717) is 25.6 Å². The Balaban J connectivity index is 1.59. The van der Waals surface area contributed by atoms with E-state index in [0.717, 1.165) is 35.7 Å². The zero-order valence-corrected chi connectivity index (χ0v) is 16.5. The van der Waals surface area contributed by atoms with Crippen molar-refractivity contribution in [1.29, 1.82) is 0 Å². The van der Waals surface area contributed by atoms with Crippen LogP contribution in [0.2, 0.25) is 0 Å². The van der Waals surface area contributed by atoms with Crippen molar-refractivity contribution in [3.8, 4) is 11.3 Å². The van der Waals surface area contributed by atoms with E-state index in [4.69, 9.17) is 9.97 Å². The molecule has 148 valence electrons. The highest BCUT2D eigenvalue weighted by Crippen LogP contribution is 2.24. The fourth-order valence-electron chi connectivity index (χ4n) is 3.37. The van der Waals surface area contributed by atoms with Crippen LogP contribution in [0.1, 0.15) is 12.5 Å². The van der Waals surface area contributed by atoms with Crippen LogP contribution in [-0.4, -0.2) is 51.9 Å². The number of pyridine rings is 1. The van der Waals surface area contributed by atoms with Crippen molar-refractivity contribution in [2.24, 2.45) is 0 Å². The number of nitrogens with one attached hydrogen (secondary N) is 1. The number of carbonyl (C=O) groups is 1. The van der Waals surface area contributed by atoms with Gasteiger partial charge < -0.3 is 15.1 Å². The minimum Gasteiger partial charge on any atom is -0.353 e. The van der Waals surface area contributed by atoms with Crippen molar-refractivity contribution in [1.82, 2.24) is 19.9 Å². The third-order valence-corrected chi connectivity index (χ3v) is 5.00. The van der Waals surface area contributed by atoms with Gasteiger partial charge in [-0.2, -0.15) is 4.98 Å². The molecule has 1 N–H and O–H groups in total.